The molecule has 4 aromatic carbocycles. The maximum atomic E-state index is 12.7. The monoisotopic (exact) mass is 583 g/mol. The van der Waals surface area contributed by atoms with Gasteiger partial charge in [-0.1, -0.05) is 36.4 Å². The van der Waals surface area contributed by atoms with Crippen molar-refractivity contribution in [2.75, 3.05) is 41.0 Å². The molecule has 0 bridgehead atoms. The van der Waals surface area contributed by atoms with Gasteiger partial charge in [0, 0.05) is 35.3 Å². The number of fused-ring (bicyclic) bond motifs is 1. The maximum absolute atomic E-state index is 12.7. The molecule has 0 spiro atoms. The van der Waals surface area contributed by atoms with Gasteiger partial charge in [0.15, 0.2) is 11.6 Å². The van der Waals surface area contributed by atoms with E-state index >= 15 is 0 Å². The fraction of sp³-hybridized carbons (Fsp3) is 0.100. The summed E-state index contributed by atoms with van der Waals surface area (Å²) in [5, 5.41) is 9.01. The molecule has 1 atom stereocenters. The van der Waals surface area contributed by atoms with Gasteiger partial charge in [0.05, 0.1) is 48.8 Å². The van der Waals surface area contributed by atoms with Gasteiger partial charge in [-0.2, -0.15) is 0 Å². The fourth-order valence-corrected chi connectivity index (χ4v) is 4.72. The number of anilines is 6. The number of carbonyl (C=O) groups excluding carboxylic acids is 1. The van der Waals surface area contributed by atoms with Gasteiger partial charge in [-0.3, -0.25) is 13.3 Å². The minimum absolute atomic E-state index is 0.0260. The standard InChI is InChI=1S/C30H28N6O5S/c1-40-24-16-22(17-25(18-24)41-2)33-29-30(35-27-14-7-6-13-26(27)34-29)36(42(38)39)23-12-8-11-21(15-23)32-28(37)19-31-20-9-4-3-5-10-20/h3-18,31H,19H2,1-2H3,(H,32,37)(H,33,34)(H,38,39)/p-1. The van der Waals surface area contributed by atoms with E-state index in [0.717, 1.165) is 9.99 Å². The second-order valence-electron chi connectivity index (χ2n) is 8.94. The summed E-state index contributed by atoms with van der Waals surface area (Å²) < 4.78 is 37.2. The van der Waals surface area contributed by atoms with Crippen molar-refractivity contribution >= 4 is 62.6 Å². The maximum Gasteiger partial charge on any atom is 0.243 e. The average Bonchev–Trinajstić information content (AvgIpc) is 3.00. The van der Waals surface area contributed by atoms with E-state index in [4.69, 9.17) is 9.47 Å². The van der Waals surface area contributed by atoms with Crippen LogP contribution in [0, 0.1) is 0 Å². The van der Waals surface area contributed by atoms with E-state index in [2.05, 4.69) is 25.9 Å². The van der Waals surface area contributed by atoms with Crippen LogP contribution in [0.3, 0.4) is 0 Å². The van der Waals surface area contributed by atoms with E-state index in [-0.39, 0.29) is 29.8 Å². The van der Waals surface area contributed by atoms with E-state index in [9.17, 15) is 13.6 Å². The lowest BCUT2D eigenvalue weighted by molar-refractivity contribution is -0.114. The number of carbonyl (C=O) groups is 1. The number of aromatic nitrogens is 2. The zero-order valence-corrected chi connectivity index (χ0v) is 23.6. The first kappa shape index (κ1) is 28.3. The summed E-state index contributed by atoms with van der Waals surface area (Å²) in [6.07, 6.45) is 0. The highest BCUT2D eigenvalue weighted by atomic mass is 32.2. The SMILES string of the molecule is COc1cc(Nc2nc3ccccc3nc2N(c2cccc(NC(=O)CNc3ccccc3)c2)S(=O)[O-])cc(OC)c1. The van der Waals surface area contributed by atoms with Gasteiger partial charge in [-0.15, -0.1) is 0 Å². The number of hydrogen-bond donors (Lipinski definition) is 3. The molecule has 0 fully saturated rings. The lowest BCUT2D eigenvalue weighted by Crippen LogP contribution is -2.24. The van der Waals surface area contributed by atoms with Crippen LogP contribution >= 0.6 is 0 Å². The number of ether oxygens (including phenoxy) is 2. The number of nitrogens with one attached hydrogen (secondary N) is 3. The summed E-state index contributed by atoms with van der Waals surface area (Å²) in [6, 6.07) is 28.1. The Bertz CT molecular complexity index is 1710. The summed E-state index contributed by atoms with van der Waals surface area (Å²) in [6.45, 7) is 0.0274. The summed E-state index contributed by atoms with van der Waals surface area (Å²) in [4.78, 5) is 22.0. The largest absolute Gasteiger partial charge is 0.755 e. The summed E-state index contributed by atoms with van der Waals surface area (Å²) in [7, 11) is 3.07. The van der Waals surface area contributed by atoms with Gasteiger partial charge in [0.2, 0.25) is 5.91 Å². The van der Waals surface area contributed by atoms with Crippen LogP contribution in [0.4, 0.5) is 34.4 Å². The fourth-order valence-electron chi connectivity index (χ4n) is 4.16. The van der Waals surface area contributed by atoms with Crippen molar-refractivity contribution in [1.82, 2.24) is 9.97 Å². The molecule has 42 heavy (non-hydrogen) atoms. The molecule has 3 N–H and O–H groups in total. The number of benzene rings is 4. The molecule has 1 unspecified atom stereocenters. The molecule has 12 heteroatoms. The van der Waals surface area contributed by atoms with Crippen molar-refractivity contribution in [3.05, 3.63) is 97.1 Å². The number of nitrogens with zero attached hydrogens (tertiary/aromatic N) is 3. The molecular weight excluding hydrogens is 556 g/mol. The van der Waals surface area contributed by atoms with E-state index in [0.29, 0.717) is 33.9 Å². The van der Waals surface area contributed by atoms with Crippen LogP contribution in [0.5, 0.6) is 11.5 Å². The van der Waals surface area contributed by atoms with Crippen LogP contribution < -0.4 is 29.7 Å². The lowest BCUT2D eigenvalue weighted by atomic mass is 10.2. The molecule has 5 aromatic rings. The number of hydrogen-bond acceptors (Lipinski definition) is 9. The first-order valence-electron chi connectivity index (χ1n) is 12.8. The molecule has 0 aliphatic carbocycles. The van der Waals surface area contributed by atoms with Gasteiger partial charge in [-0.05, 0) is 42.5 Å². The number of rotatable bonds is 11. The topological polar surface area (TPSA) is 141 Å². The zero-order valence-electron chi connectivity index (χ0n) is 22.7. The van der Waals surface area contributed by atoms with Crippen LogP contribution in [0.1, 0.15) is 0 Å². The summed E-state index contributed by atoms with van der Waals surface area (Å²) in [5.74, 6) is 0.960. The van der Waals surface area contributed by atoms with E-state index in [1.807, 2.05) is 36.4 Å². The average molecular weight is 584 g/mol. The van der Waals surface area contributed by atoms with Crippen molar-refractivity contribution in [3.63, 3.8) is 0 Å². The Hall–Kier alpha value is -5.20. The molecule has 0 aliphatic rings. The first-order chi connectivity index (χ1) is 20.4. The Kier molecular flexibility index (Phi) is 8.75. The van der Waals surface area contributed by atoms with Crippen molar-refractivity contribution < 1.29 is 23.0 Å². The number of methoxy groups -OCH3 is 2. The highest BCUT2D eigenvalue weighted by molar-refractivity contribution is 7.81. The normalized spacial score (nSPS) is 11.4. The molecule has 5 rings (SSSR count). The third-order valence-electron chi connectivity index (χ3n) is 6.10. The van der Waals surface area contributed by atoms with Crippen molar-refractivity contribution in [2.24, 2.45) is 0 Å². The molecule has 1 aromatic heterocycles. The second-order valence-corrected chi connectivity index (χ2v) is 9.74. The predicted octanol–water partition coefficient (Wildman–Crippen LogP) is 5.37. The molecule has 0 radical (unpaired) electrons. The van der Waals surface area contributed by atoms with Crippen LogP contribution in [0.15, 0.2) is 97.1 Å². The van der Waals surface area contributed by atoms with Crippen LogP contribution in [-0.4, -0.2) is 45.4 Å². The molecule has 1 heterocycles. The summed E-state index contributed by atoms with van der Waals surface area (Å²) in [5.41, 5.74) is 3.05. The smallest absolute Gasteiger partial charge is 0.243 e. The highest BCUT2D eigenvalue weighted by Crippen LogP contribution is 2.36. The Labute approximate surface area is 244 Å². The number of para-hydroxylation sites is 3. The Morgan fingerprint density at radius 1 is 0.810 bits per heavy atom. The molecule has 0 aliphatic heterocycles. The molecule has 214 valence electrons. The van der Waals surface area contributed by atoms with Gasteiger partial charge in [0.1, 0.15) is 11.5 Å². The van der Waals surface area contributed by atoms with E-state index in [1.54, 1.807) is 60.7 Å². The first-order valence-corrected chi connectivity index (χ1v) is 13.8. The third kappa shape index (κ3) is 6.74. The number of amides is 1. The van der Waals surface area contributed by atoms with Crippen LogP contribution in [0.25, 0.3) is 11.0 Å². The third-order valence-corrected chi connectivity index (χ3v) is 6.78. The zero-order chi connectivity index (χ0) is 29.5. The highest BCUT2D eigenvalue weighted by Gasteiger charge is 2.20. The van der Waals surface area contributed by atoms with E-state index < -0.39 is 11.3 Å². The molecular formula is C30H27N6O5S-. The Balaban J connectivity index is 1.49. The van der Waals surface area contributed by atoms with Crippen LogP contribution in [-0.2, 0) is 16.1 Å². The minimum Gasteiger partial charge on any atom is -0.755 e. The van der Waals surface area contributed by atoms with Gasteiger partial charge < -0.3 is 30.0 Å². The van der Waals surface area contributed by atoms with Gasteiger partial charge >= 0.3 is 0 Å². The molecule has 0 saturated carbocycles. The molecule has 11 nitrogen and oxygen atoms in total. The van der Waals surface area contributed by atoms with Crippen LogP contribution in [0.2, 0.25) is 0 Å². The van der Waals surface area contributed by atoms with Gasteiger partial charge in [-0.25, -0.2) is 9.97 Å². The van der Waals surface area contributed by atoms with E-state index in [1.165, 1.54) is 14.2 Å². The second kappa shape index (κ2) is 13.0. The predicted molar refractivity (Wildman–Crippen MR) is 163 cm³/mol. The van der Waals surface area contributed by atoms with Crippen molar-refractivity contribution in [3.8, 4) is 11.5 Å². The molecule has 1 amide bonds. The quantitative estimate of drug-likeness (QED) is 0.175. The van der Waals surface area contributed by atoms with Crippen molar-refractivity contribution in [2.45, 2.75) is 0 Å². The summed E-state index contributed by atoms with van der Waals surface area (Å²) >= 11 is -2.81. The van der Waals surface area contributed by atoms with Crippen molar-refractivity contribution in [1.29, 1.82) is 0 Å². The lowest BCUT2D eigenvalue weighted by Gasteiger charge is -2.27. The Morgan fingerprint density at radius 3 is 2.12 bits per heavy atom. The Morgan fingerprint density at radius 2 is 1.45 bits per heavy atom. The minimum atomic E-state index is -2.81. The molecule has 0 saturated heterocycles. The van der Waals surface area contributed by atoms with Gasteiger partial charge in [0.25, 0.3) is 0 Å².